The Morgan fingerprint density at radius 1 is 1.05 bits per heavy atom. The number of aliphatic hydroxyl groups excluding tert-OH is 2. The molecule has 0 amide bonds. The van der Waals surface area contributed by atoms with Crippen molar-refractivity contribution in [1.29, 1.82) is 0 Å². The second kappa shape index (κ2) is 12.6. The van der Waals surface area contributed by atoms with E-state index in [9.17, 15) is 19.5 Å². The van der Waals surface area contributed by atoms with Crippen molar-refractivity contribution in [1.82, 2.24) is 0 Å². The van der Waals surface area contributed by atoms with Crippen LogP contribution in [0.4, 0.5) is 0 Å². The van der Waals surface area contributed by atoms with E-state index in [1.807, 2.05) is 0 Å². The average Bonchev–Trinajstić information content (AvgIpc) is 2.88. The Morgan fingerprint density at radius 2 is 1.76 bits per heavy atom. The molecule has 12 heteroatoms. The first-order valence-corrected chi connectivity index (χ1v) is 11.2. The molecule has 202 valence electrons. The van der Waals surface area contributed by atoms with Crippen LogP contribution in [-0.2, 0) is 16.0 Å². The number of ether oxygens (including phenoxy) is 4. The van der Waals surface area contributed by atoms with Gasteiger partial charge in [0.15, 0.2) is 30.1 Å². The molecule has 0 spiro atoms. The molecule has 2 aromatic carbocycles. The number of carboxylic acids is 2. The number of methoxy groups -OCH3 is 1. The summed E-state index contributed by atoms with van der Waals surface area (Å²) in [6.07, 6.45) is 0.532. The van der Waals surface area contributed by atoms with Crippen molar-refractivity contribution in [3.05, 3.63) is 58.8 Å². The first-order valence-electron chi connectivity index (χ1n) is 11.2. The maximum atomic E-state index is 13.2. The highest BCUT2D eigenvalue weighted by Crippen LogP contribution is 2.40. The number of allylic oxidation sites excluding steroid dienone is 1. The van der Waals surface area contributed by atoms with Crippen molar-refractivity contribution < 1.29 is 53.4 Å². The molecule has 38 heavy (non-hydrogen) atoms. The fourth-order valence-electron chi connectivity index (χ4n) is 3.58. The summed E-state index contributed by atoms with van der Waals surface area (Å²) in [5, 5.41) is 36.8. The van der Waals surface area contributed by atoms with Gasteiger partial charge in [0.25, 0.3) is 0 Å². The number of rotatable bonds is 14. The minimum absolute atomic E-state index is 0.0114. The van der Waals surface area contributed by atoms with Crippen LogP contribution in [0.25, 0.3) is 22.3 Å². The van der Waals surface area contributed by atoms with Crippen LogP contribution in [0.2, 0.25) is 0 Å². The molecule has 1 heterocycles. The number of fused-ring (bicyclic) bond motifs is 1. The molecular weight excluding hydrogens is 504 g/mol. The second-order valence-electron chi connectivity index (χ2n) is 7.90. The monoisotopic (exact) mass is 530 g/mol. The fraction of sp³-hybridized carbons (Fsp3) is 0.269. The van der Waals surface area contributed by atoms with E-state index in [0.29, 0.717) is 11.1 Å². The summed E-state index contributed by atoms with van der Waals surface area (Å²) in [6.45, 7) is 1.46. The molecule has 1 atom stereocenters. The Balaban J connectivity index is 2.22. The minimum Gasteiger partial charge on any atom is -0.493 e. The molecule has 0 saturated heterocycles. The van der Waals surface area contributed by atoms with E-state index < -0.39 is 43.3 Å². The van der Waals surface area contributed by atoms with Gasteiger partial charge in [-0.25, -0.2) is 9.59 Å². The third-order valence-electron chi connectivity index (χ3n) is 5.17. The van der Waals surface area contributed by atoms with E-state index >= 15 is 0 Å². The number of hydrogen-bond donors (Lipinski definition) is 4. The molecule has 0 saturated carbocycles. The molecule has 0 aliphatic carbocycles. The maximum absolute atomic E-state index is 13.2. The summed E-state index contributed by atoms with van der Waals surface area (Å²) in [5.41, 5.74) is 0.286. The van der Waals surface area contributed by atoms with E-state index in [-0.39, 0.29) is 52.8 Å². The predicted octanol–water partition coefficient (Wildman–Crippen LogP) is 1.86. The summed E-state index contributed by atoms with van der Waals surface area (Å²) in [7, 11) is 1.39. The first-order chi connectivity index (χ1) is 18.2. The van der Waals surface area contributed by atoms with Gasteiger partial charge in [0, 0.05) is 29.3 Å². The Bertz CT molecular complexity index is 1390. The van der Waals surface area contributed by atoms with Crippen molar-refractivity contribution in [2.45, 2.75) is 12.5 Å². The maximum Gasteiger partial charge on any atom is 0.341 e. The van der Waals surface area contributed by atoms with Gasteiger partial charge < -0.3 is 43.8 Å². The van der Waals surface area contributed by atoms with Gasteiger partial charge in [-0.3, -0.25) is 4.79 Å². The van der Waals surface area contributed by atoms with Crippen molar-refractivity contribution >= 4 is 22.9 Å². The highest BCUT2D eigenvalue weighted by Gasteiger charge is 2.21. The predicted molar refractivity (Wildman–Crippen MR) is 133 cm³/mol. The molecule has 0 aliphatic rings. The molecule has 0 aliphatic heterocycles. The molecular formula is C26H26O12. The van der Waals surface area contributed by atoms with Crippen LogP contribution in [0.5, 0.6) is 23.0 Å². The summed E-state index contributed by atoms with van der Waals surface area (Å²) in [6, 6.07) is 6.93. The first kappa shape index (κ1) is 28.0. The summed E-state index contributed by atoms with van der Waals surface area (Å²) < 4.78 is 27.6. The number of carbonyl (C=O) groups is 2. The number of benzene rings is 2. The lowest BCUT2D eigenvalue weighted by molar-refractivity contribution is -0.140. The number of hydrogen-bond acceptors (Lipinski definition) is 10. The van der Waals surface area contributed by atoms with Crippen LogP contribution in [0.1, 0.15) is 5.56 Å². The molecule has 4 N–H and O–H groups in total. The summed E-state index contributed by atoms with van der Waals surface area (Å²) in [5.74, 6) is -2.00. The SMILES string of the molecule is C=CCc1c(-c2cc(=O)c3c(OCC(O)CO)cc(OCC(=O)O)cc3o2)ccc(OC)c1OCC(=O)O. The lowest BCUT2D eigenvalue weighted by Crippen LogP contribution is -2.21. The molecule has 1 aromatic heterocycles. The van der Waals surface area contributed by atoms with Gasteiger partial charge in [0.05, 0.1) is 13.7 Å². The Morgan fingerprint density at radius 3 is 2.39 bits per heavy atom. The molecule has 0 bridgehead atoms. The molecule has 12 nitrogen and oxygen atoms in total. The number of aliphatic carboxylic acids is 2. The molecule has 0 fully saturated rings. The molecule has 1 unspecified atom stereocenters. The summed E-state index contributed by atoms with van der Waals surface area (Å²) in [4.78, 5) is 35.4. The highest BCUT2D eigenvalue weighted by atomic mass is 16.5. The van der Waals surface area contributed by atoms with E-state index in [2.05, 4.69) is 6.58 Å². The molecule has 0 radical (unpaired) electrons. The van der Waals surface area contributed by atoms with Crippen molar-refractivity contribution in [3.8, 4) is 34.3 Å². The smallest absolute Gasteiger partial charge is 0.341 e. The van der Waals surface area contributed by atoms with Gasteiger partial charge in [0.2, 0.25) is 0 Å². The third kappa shape index (κ3) is 6.60. The largest absolute Gasteiger partial charge is 0.493 e. The van der Waals surface area contributed by atoms with Crippen LogP contribution in [0.3, 0.4) is 0 Å². The van der Waals surface area contributed by atoms with Crippen LogP contribution in [0.15, 0.2) is 52.2 Å². The van der Waals surface area contributed by atoms with E-state index in [0.717, 1.165) is 0 Å². The lowest BCUT2D eigenvalue weighted by Gasteiger charge is -2.17. The second-order valence-corrected chi connectivity index (χ2v) is 7.90. The quantitative estimate of drug-likeness (QED) is 0.222. The lowest BCUT2D eigenvalue weighted by atomic mass is 9.99. The van der Waals surface area contributed by atoms with E-state index in [4.69, 9.17) is 38.7 Å². The number of carboxylic acid groups (broad SMARTS) is 2. The normalized spacial score (nSPS) is 11.6. The molecule has 3 aromatic rings. The van der Waals surface area contributed by atoms with Gasteiger partial charge >= 0.3 is 11.9 Å². The van der Waals surface area contributed by atoms with Crippen molar-refractivity contribution in [2.24, 2.45) is 0 Å². The average molecular weight is 530 g/mol. The Kier molecular flexibility index (Phi) is 9.30. The van der Waals surface area contributed by atoms with Crippen LogP contribution in [-0.4, -0.2) is 72.0 Å². The highest BCUT2D eigenvalue weighted by molar-refractivity contribution is 5.87. The Hall–Kier alpha value is -4.55. The van der Waals surface area contributed by atoms with Crippen LogP contribution < -0.4 is 24.4 Å². The zero-order chi connectivity index (χ0) is 27.8. The zero-order valence-corrected chi connectivity index (χ0v) is 20.3. The minimum atomic E-state index is -1.24. The number of aliphatic hydroxyl groups is 2. The molecule has 3 rings (SSSR count). The van der Waals surface area contributed by atoms with Gasteiger partial charge in [-0.1, -0.05) is 6.08 Å². The topological polar surface area (TPSA) is 182 Å². The van der Waals surface area contributed by atoms with Gasteiger partial charge in [-0.05, 0) is 18.6 Å². The van der Waals surface area contributed by atoms with Crippen molar-refractivity contribution in [3.63, 3.8) is 0 Å². The summed E-state index contributed by atoms with van der Waals surface area (Å²) >= 11 is 0. The van der Waals surface area contributed by atoms with Gasteiger partial charge in [-0.15, -0.1) is 6.58 Å². The van der Waals surface area contributed by atoms with E-state index in [1.165, 1.54) is 31.4 Å². The fourth-order valence-corrected chi connectivity index (χ4v) is 3.58. The standard InChI is InChI=1S/C26H26O12/c1-3-4-17-16(5-6-19(34-2)26(17)37-13-24(32)33)20-9-18(29)25-21(36-11-14(28)10-27)7-15(8-22(25)38-20)35-12-23(30)31/h3,5-9,14,27-28H,1,4,10-13H2,2H3,(H,30,31)(H,32,33). The van der Waals surface area contributed by atoms with Crippen LogP contribution in [0, 0.1) is 0 Å². The third-order valence-corrected chi connectivity index (χ3v) is 5.17. The van der Waals surface area contributed by atoms with Gasteiger partial charge in [-0.2, -0.15) is 0 Å². The van der Waals surface area contributed by atoms with Crippen molar-refractivity contribution in [2.75, 3.05) is 33.5 Å². The van der Waals surface area contributed by atoms with E-state index in [1.54, 1.807) is 12.1 Å². The zero-order valence-electron chi connectivity index (χ0n) is 20.3. The van der Waals surface area contributed by atoms with Gasteiger partial charge in [0.1, 0.15) is 40.9 Å². The van der Waals surface area contributed by atoms with Crippen LogP contribution >= 0.6 is 0 Å². The Labute approximate surface area is 215 Å².